The van der Waals surface area contributed by atoms with Gasteiger partial charge < -0.3 is 4.90 Å². The molecule has 2 rings (SSSR count). The van der Waals surface area contributed by atoms with Gasteiger partial charge in [0.15, 0.2) is 0 Å². The summed E-state index contributed by atoms with van der Waals surface area (Å²) in [7, 11) is 0. The number of piperidine rings is 1. The fourth-order valence-corrected chi connectivity index (χ4v) is 3.02. The number of Topliss-reactive ketones (excluding diaryl/α,β-unsaturated/α-hetero) is 1. The van der Waals surface area contributed by atoms with Crippen LogP contribution in [0.2, 0.25) is 5.02 Å². The lowest BCUT2D eigenvalue weighted by atomic mass is 9.93. The molecule has 1 unspecified atom stereocenters. The van der Waals surface area contributed by atoms with E-state index in [1.54, 1.807) is 17.0 Å². The third kappa shape index (κ3) is 3.28. The van der Waals surface area contributed by atoms with Crippen molar-refractivity contribution in [2.24, 2.45) is 5.92 Å². The summed E-state index contributed by atoms with van der Waals surface area (Å²) in [6.07, 6.45) is 1.25. The molecule has 1 amide bonds. The monoisotopic (exact) mass is 391 g/mol. The highest BCUT2D eigenvalue weighted by atomic mass is 127. The molecule has 0 aromatic heterocycles. The molecule has 0 N–H and O–H groups in total. The van der Waals surface area contributed by atoms with E-state index in [2.05, 4.69) is 22.6 Å². The van der Waals surface area contributed by atoms with Gasteiger partial charge in [-0.1, -0.05) is 18.5 Å². The topological polar surface area (TPSA) is 37.4 Å². The number of carbonyl (C=O) groups excluding carboxylic acids is 2. The zero-order valence-electron chi connectivity index (χ0n) is 10.7. The highest BCUT2D eigenvalue weighted by molar-refractivity contribution is 14.1. The summed E-state index contributed by atoms with van der Waals surface area (Å²) in [5, 5.41) is 0.559. The van der Waals surface area contributed by atoms with Gasteiger partial charge >= 0.3 is 0 Å². The minimum absolute atomic E-state index is 0.0189. The zero-order chi connectivity index (χ0) is 14.0. The summed E-state index contributed by atoms with van der Waals surface area (Å²) in [5.74, 6) is 0.222. The number of ketones is 1. The smallest absolute Gasteiger partial charge is 0.255 e. The molecule has 0 bridgehead atoms. The van der Waals surface area contributed by atoms with Crippen LogP contribution in [-0.2, 0) is 4.79 Å². The van der Waals surface area contributed by atoms with Crippen molar-refractivity contribution < 1.29 is 9.59 Å². The maximum Gasteiger partial charge on any atom is 0.255 e. The molecule has 1 aliphatic rings. The molecule has 1 fully saturated rings. The molecule has 102 valence electrons. The summed E-state index contributed by atoms with van der Waals surface area (Å²) >= 11 is 8.08. The quantitative estimate of drug-likeness (QED) is 0.725. The van der Waals surface area contributed by atoms with Crippen LogP contribution in [0.3, 0.4) is 0 Å². The Bertz CT molecular complexity index is 518. The van der Waals surface area contributed by atoms with Crippen LogP contribution in [0.5, 0.6) is 0 Å². The third-order valence-corrected chi connectivity index (χ3v) is 4.64. The first-order chi connectivity index (χ1) is 9.02. The Balaban J connectivity index is 2.20. The minimum atomic E-state index is -0.0298. The summed E-state index contributed by atoms with van der Waals surface area (Å²) in [4.78, 5) is 25.9. The van der Waals surface area contributed by atoms with Crippen molar-refractivity contribution in [1.82, 2.24) is 4.90 Å². The predicted octanol–water partition coefficient (Wildman–Crippen LogP) is 3.39. The number of carbonyl (C=O) groups is 2. The third-order valence-electron chi connectivity index (χ3n) is 3.46. The van der Waals surface area contributed by atoms with Gasteiger partial charge in [-0.15, -0.1) is 0 Å². The first kappa shape index (κ1) is 14.8. The standard InChI is InChI=1S/C14H15ClINO2/c1-2-9-8-17(6-5-13(9)18)14(19)11-7-10(15)3-4-12(11)16/h3-4,7,9H,2,5-6,8H2,1H3. The van der Waals surface area contributed by atoms with Gasteiger partial charge in [0.2, 0.25) is 0 Å². The van der Waals surface area contributed by atoms with Crippen LogP contribution in [0.25, 0.3) is 0 Å². The molecule has 3 nitrogen and oxygen atoms in total. The van der Waals surface area contributed by atoms with Crippen molar-refractivity contribution in [3.05, 3.63) is 32.4 Å². The highest BCUT2D eigenvalue weighted by Gasteiger charge is 2.29. The Morgan fingerprint density at radius 3 is 2.95 bits per heavy atom. The molecular formula is C14H15ClINO2. The van der Waals surface area contributed by atoms with Crippen LogP contribution >= 0.6 is 34.2 Å². The molecule has 0 aliphatic carbocycles. The van der Waals surface area contributed by atoms with E-state index in [0.717, 1.165) is 9.99 Å². The van der Waals surface area contributed by atoms with Crippen molar-refractivity contribution >= 4 is 45.9 Å². The molecule has 19 heavy (non-hydrogen) atoms. The number of nitrogens with zero attached hydrogens (tertiary/aromatic N) is 1. The van der Waals surface area contributed by atoms with Gasteiger partial charge in [-0.25, -0.2) is 0 Å². The molecule has 0 spiro atoms. The van der Waals surface area contributed by atoms with Gasteiger partial charge in [-0.2, -0.15) is 0 Å². The van der Waals surface area contributed by atoms with E-state index in [-0.39, 0.29) is 17.6 Å². The predicted molar refractivity (Wildman–Crippen MR) is 83.5 cm³/mol. The maximum atomic E-state index is 12.5. The Morgan fingerprint density at radius 1 is 1.53 bits per heavy atom. The molecule has 1 aliphatic heterocycles. The molecule has 0 saturated carbocycles. The number of rotatable bonds is 2. The average Bonchev–Trinajstić information content (AvgIpc) is 2.41. The molecule has 5 heteroatoms. The number of hydrogen-bond donors (Lipinski definition) is 0. The van der Waals surface area contributed by atoms with Gasteiger partial charge in [0.1, 0.15) is 5.78 Å². The number of benzene rings is 1. The Hall–Kier alpha value is -0.620. The number of likely N-dealkylation sites (tertiary alicyclic amines) is 1. The molecule has 1 aromatic rings. The molecule has 1 atom stereocenters. The van der Waals surface area contributed by atoms with E-state index < -0.39 is 0 Å². The van der Waals surface area contributed by atoms with Gasteiger partial charge in [0.25, 0.3) is 5.91 Å². The number of hydrogen-bond acceptors (Lipinski definition) is 2. The van der Waals surface area contributed by atoms with Crippen LogP contribution < -0.4 is 0 Å². The Morgan fingerprint density at radius 2 is 2.26 bits per heavy atom. The first-order valence-corrected chi connectivity index (χ1v) is 7.75. The lowest BCUT2D eigenvalue weighted by Crippen LogP contribution is -2.44. The van der Waals surface area contributed by atoms with Crippen molar-refractivity contribution in [2.75, 3.05) is 13.1 Å². The lowest BCUT2D eigenvalue weighted by Gasteiger charge is -2.31. The summed E-state index contributed by atoms with van der Waals surface area (Å²) in [6.45, 7) is 3.02. The van der Waals surface area contributed by atoms with Crippen LogP contribution in [0, 0.1) is 9.49 Å². The van der Waals surface area contributed by atoms with Gasteiger partial charge in [0, 0.05) is 34.0 Å². The molecule has 1 heterocycles. The largest absolute Gasteiger partial charge is 0.337 e. The fourth-order valence-electron chi connectivity index (χ4n) is 2.28. The second kappa shape index (κ2) is 6.22. The fraction of sp³-hybridized carbons (Fsp3) is 0.429. The van der Waals surface area contributed by atoms with E-state index in [1.165, 1.54) is 0 Å². The Kier molecular flexibility index (Phi) is 4.84. The van der Waals surface area contributed by atoms with E-state index in [4.69, 9.17) is 11.6 Å². The highest BCUT2D eigenvalue weighted by Crippen LogP contribution is 2.23. The van der Waals surface area contributed by atoms with Crippen LogP contribution in [0.4, 0.5) is 0 Å². The minimum Gasteiger partial charge on any atom is -0.337 e. The molecular weight excluding hydrogens is 377 g/mol. The van der Waals surface area contributed by atoms with Crippen molar-refractivity contribution in [3.8, 4) is 0 Å². The van der Waals surface area contributed by atoms with E-state index in [0.29, 0.717) is 30.1 Å². The summed E-state index contributed by atoms with van der Waals surface area (Å²) < 4.78 is 0.886. The zero-order valence-corrected chi connectivity index (χ0v) is 13.6. The van der Waals surface area contributed by atoms with E-state index in [1.807, 2.05) is 13.0 Å². The van der Waals surface area contributed by atoms with Gasteiger partial charge in [0.05, 0.1) is 5.56 Å². The summed E-state index contributed by atoms with van der Waals surface area (Å²) in [5.41, 5.74) is 0.623. The van der Waals surface area contributed by atoms with E-state index >= 15 is 0 Å². The Labute approximate surface area is 131 Å². The summed E-state index contributed by atoms with van der Waals surface area (Å²) in [6, 6.07) is 5.31. The van der Waals surface area contributed by atoms with Crippen LogP contribution in [-0.4, -0.2) is 29.7 Å². The van der Waals surface area contributed by atoms with E-state index in [9.17, 15) is 9.59 Å². The SMILES string of the molecule is CCC1CN(C(=O)c2cc(Cl)ccc2I)CCC1=O. The molecule has 1 aromatic carbocycles. The van der Waals surface area contributed by atoms with Crippen molar-refractivity contribution in [3.63, 3.8) is 0 Å². The van der Waals surface area contributed by atoms with Crippen LogP contribution in [0.1, 0.15) is 30.1 Å². The number of halogens is 2. The number of amides is 1. The average molecular weight is 392 g/mol. The second-order valence-electron chi connectivity index (χ2n) is 4.70. The van der Waals surface area contributed by atoms with Gasteiger partial charge in [-0.05, 0) is 47.2 Å². The first-order valence-electron chi connectivity index (χ1n) is 6.30. The van der Waals surface area contributed by atoms with Crippen molar-refractivity contribution in [2.45, 2.75) is 19.8 Å². The molecule has 1 saturated heterocycles. The second-order valence-corrected chi connectivity index (χ2v) is 6.30. The molecule has 0 radical (unpaired) electrons. The van der Waals surface area contributed by atoms with Gasteiger partial charge in [-0.3, -0.25) is 9.59 Å². The lowest BCUT2D eigenvalue weighted by molar-refractivity contribution is -0.125. The van der Waals surface area contributed by atoms with Crippen LogP contribution in [0.15, 0.2) is 18.2 Å². The maximum absolute atomic E-state index is 12.5. The van der Waals surface area contributed by atoms with Crippen molar-refractivity contribution in [1.29, 1.82) is 0 Å². The normalized spacial score (nSPS) is 19.6.